The number of anilines is 1. The van der Waals surface area contributed by atoms with E-state index >= 15 is 0 Å². The van der Waals surface area contributed by atoms with E-state index in [9.17, 15) is 18.0 Å². The van der Waals surface area contributed by atoms with Crippen molar-refractivity contribution in [3.8, 4) is 16.9 Å². The van der Waals surface area contributed by atoms with Crippen LogP contribution in [0.3, 0.4) is 0 Å². The lowest BCUT2D eigenvalue weighted by Crippen LogP contribution is -2.47. The molecule has 1 aliphatic heterocycles. The topological polar surface area (TPSA) is 50.8 Å². The van der Waals surface area contributed by atoms with E-state index in [0.717, 1.165) is 6.07 Å². The highest BCUT2D eigenvalue weighted by atomic mass is 19.3. The van der Waals surface area contributed by atoms with Gasteiger partial charge in [0, 0.05) is 18.9 Å². The lowest BCUT2D eigenvalue weighted by Gasteiger charge is -2.34. The maximum absolute atomic E-state index is 13.8. The number of alkyl halides is 2. The summed E-state index contributed by atoms with van der Waals surface area (Å²) in [6.45, 7) is -0.429. The van der Waals surface area contributed by atoms with Crippen molar-refractivity contribution in [3.63, 3.8) is 0 Å². The number of halogens is 3. The van der Waals surface area contributed by atoms with E-state index in [1.165, 1.54) is 12.1 Å². The molecule has 0 radical (unpaired) electrons. The van der Waals surface area contributed by atoms with Crippen molar-refractivity contribution in [3.05, 3.63) is 47.8 Å². The van der Waals surface area contributed by atoms with Gasteiger partial charge in [-0.2, -0.15) is 8.78 Å². The molecule has 0 aromatic heterocycles. The van der Waals surface area contributed by atoms with Gasteiger partial charge in [-0.1, -0.05) is 6.07 Å². The zero-order chi connectivity index (χ0) is 19.6. The van der Waals surface area contributed by atoms with Crippen LogP contribution in [0.15, 0.2) is 36.4 Å². The number of nitrogens with one attached hydrogen (secondary N) is 1. The lowest BCUT2D eigenvalue weighted by molar-refractivity contribution is -0.0499. The zero-order valence-corrected chi connectivity index (χ0v) is 14.8. The standard InChI is InChI=1S/C19H19F3N2O3/c1-11(9-26-2)24-10-23-17-7-12(3-4-16(17)18(24)25)13-5-14(20)8-15(6-13)27-19(21)22/h3-8,11,19,23H,9-10H2,1-2H3/t11-/m1/s1. The molecule has 1 aliphatic rings. The van der Waals surface area contributed by atoms with Crippen molar-refractivity contribution in [1.82, 2.24) is 4.90 Å². The van der Waals surface area contributed by atoms with Crippen LogP contribution in [0, 0.1) is 5.82 Å². The van der Waals surface area contributed by atoms with Crippen LogP contribution in [0.25, 0.3) is 11.1 Å². The van der Waals surface area contributed by atoms with Gasteiger partial charge in [0.05, 0.1) is 24.9 Å². The molecular formula is C19H19F3N2O3. The third-order valence-electron chi connectivity index (χ3n) is 4.32. The summed E-state index contributed by atoms with van der Waals surface area (Å²) in [4.78, 5) is 14.3. The molecule has 2 aromatic carbocycles. The zero-order valence-electron chi connectivity index (χ0n) is 14.8. The van der Waals surface area contributed by atoms with E-state index in [-0.39, 0.29) is 17.7 Å². The number of methoxy groups -OCH3 is 1. The van der Waals surface area contributed by atoms with E-state index in [1.54, 1.807) is 30.2 Å². The lowest BCUT2D eigenvalue weighted by atomic mass is 10.00. The Morgan fingerprint density at radius 1 is 1.19 bits per heavy atom. The molecule has 2 aromatic rings. The molecule has 0 saturated heterocycles. The molecular weight excluding hydrogens is 361 g/mol. The molecule has 3 rings (SSSR count). The van der Waals surface area contributed by atoms with E-state index < -0.39 is 12.4 Å². The van der Waals surface area contributed by atoms with Gasteiger partial charge in [-0.3, -0.25) is 4.79 Å². The maximum atomic E-state index is 13.8. The summed E-state index contributed by atoms with van der Waals surface area (Å²) in [5, 5.41) is 3.16. The number of carbonyl (C=O) groups excluding carboxylic acids is 1. The Balaban J connectivity index is 1.90. The summed E-state index contributed by atoms with van der Waals surface area (Å²) in [6.07, 6.45) is 0. The van der Waals surface area contributed by atoms with Gasteiger partial charge in [0.1, 0.15) is 11.6 Å². The summed E-state index contributed by atoms with van der Waals surface area (Å²) in [6, 6.07) is 8.30. The van der Waals surface area contributed by atoms with Crippen molar-refractivity contribution >= 4 is 11.6 Å². The minimum absolute atomic E-state index is 0.0971. The number of hydrogen-bond acceptors (Lipinski definition) is 4. The van der Waals surface area contributed by atoms with Gasteiger partial charge in [0.25, 0.3) is 5.91 Å². The van der Waals surface area contributed by atoms with E-state index in [4.69, 9.17) is 4.74 Å². The molecule has 0 aliphatic carbocycles. The fourth-order valence-electron chi connectivity index (χ4n) is 3.04. The highest BCUT2D eigenvalue weighted by Crippen LogP contribution is 2.32. The van der Waals surface area contributed by atoms with Crippen LogP contribution < -0.4 is 10.1 Å². The number of carbonyl (C=O) groups is 1. The number of fused-ring (bicyclic) bond motifs is 1. The fourth-order valence-corrected chi connectivity index (χ4v) is 3.04. The monoisotopic (exact) mass is 380 g/mol. The predicted molar refractivity (Wildman–Crippen MR) is 94.5 cm³/mol. The molecule has 0 unspecified atom stereocenters. The highest BCUT2D eigenvalue weighted by molar-refractivity contribution is 6.02. The Morgan fingerprint density at radius 3 is 2.67 bits per heavy atom. The number of rotatable bonds is 6. The number of hydrogen-bond donors (Lipinski definition) is 1. The number of nitrogens with zero attached hydrogens (tertiary/aromatic N) is 1. The molecule has 0 fully saturated rings. The smallest absolute Gasteiger partial charge is 0.387 e. The Labute approximate surface area is 154 Å². The second-order valence-corrected chi connectivity index (χ2v) is 6.23. The summed E-state index contributed by atoms with van der Waals surface area (Å²) in [5.74, 6) is -1.09. The van der Waals surface area contributed by atoms with Gasteiger partial charge in [-0.15, -0.1) is 0 Å². The normalized spacial score (nSPS) is 14.7. The third-order valence-corrected chi connectivity index (χ3v) is 4.32. The average molecular weight is 380 g/mol. The second kappa shape index (κ2) is 7.87. The largest absolute Gasteiger partial charge is 0.435 e. The van der Waals surface area contributed by atoms with E-state index in [2.05, 4.69) is 10.1 Å². The molecule has 1 amide bonds. The predicted octanol–water partition coefficient (Wildman–Crippen LogP) is 3.95. The van der Waals surface area contributed by atoms with Gasteiger partial charge < -0.3 is 19.7 Å². The minimum atomic E-state index is -3.04. The van der Waals surface area contributed by atoms with Crippen LogP contribution >= 0.6 is 0 Å². The van der Waals surface area contributed by atoms with Gasteiger partial charge >= 0.3 is 6.61 Å². The van der Waals surface area contributed by atoms with Crippen LogP contribution in [0.2, 0.25) is 0 Å². The highest BCUT2D eigenvalue weighted by Gasteiger charge is 2.27. The van der Waals surface area contributed by atoms with Crippen molar-refractivity contribution in [2.75, 3.05) is 25.7 Å². The van der Waals surface area contributed by atoms with E-state index in [0.29, 0.717) is 35.7 Å². The van der Waals surface area contributed by atoms with Crippen LogP contribution in [-0.4, -0.2) is 43.8 Å². The molecule has 8 heteroatoms. The Bertz CT molecular complexity index is 845. The molecule has 0 spiro atoms. The van der Waals surface area contributed by atoms with Crippen LogP contribution in [0.1, 0.15) is 17.3 Å². The van der Waals surface area contributed by atoms with Gasteiger partial charge in [-0.05, 0) is 42.3 Å². The first-order chi connectivity index (χ1) is 12.9. The molecule has 0 saturated carbocycles. The first-order valence-corrected chi connectivity index (χ1v) is 8.32. The quantitative estimate of drug-likeness (QED) is 0.824. The molecule has 1 heterocycles. The summed E-state index contributed by atoms with van der Waals surface area (Å²) in [7, 11) is 1.57. The number of ether oxygens (including phenoxy) is 2. The number of benzene rings is 2. The third kappa shape index (κ3) is 4.16. The van der Waals surface area contributed by atoms with Crippen LogP contribution in [0.5, 0.6) is 5.75 Å². The van der Waals surface area contributed by atoms with Crippen molar-refractivity contribution in [1.29, 1.82) is 0 Å². The molecule has 1 N–H and O–H groups in total. The van der Waals surface area contributed by atoms with Gasteiger partial charge in [0.15, 0.2) is 0 Å². The fraction of sp³-hybridized carbons (Fsp3) is 0.316. The first-order valence-electron chi connectivity index (χ1n) is 8.32. The molecule has 27 heavy (non-hydrogen) atoms. The second-order valence-electron chi connectivity index (χ2n) is 6.23. The molecule has 0 bridgehead atoms. The summed E-state index contributed by atoms with van der Waals surface area (Å²) in [5.41, 5.74) is 2.02. The first kappa shape index (κ1) is 19.0. The average Bonchev–Trinajstić information content (AvgIpc) is 2.60. The summed E-state index contributed by atoms with van der Waals surface area (Å²) < 4.78 is 48.0. The van der Waals surface area contributed by atoms with Crippen LogP contribution in [-0.2, 0) is 4.74 Å². The van der Waals surface area contributed by atoms with Crippen LogP contribution in [0.4, 0.5) is 18.9 Å². The van der Waals surface area contributed by atoms with Gasteiger partial charge in [0.2, 0.25) is 0 Å². The van der Waals surface area contributed by atoms with Gasteiger partial charge in [-0.25, -0.2) is 4.39 Å². The SMILES string of the molecule is COC[C@@H](C)N1CNc2cc(-c3cc(F)cc(OC(F)F)c3)ccc2C1=O. The molecule has 1 atom stereocenters. The van der Waals surface area contributed by atoms with Crippen molar-refractivity contribution in [2.24, 2.45) is 0 Å². The summed E-state index contributed by atoms with van der Waals surface area (Å²) >= 11 is 0. The van der Waals surface area contributed by atoms with Crippen molar-refractivity contribution < 1.29 is 27.4 Å². The maximum Gasteiger partial charge on any atom is 0.387 e. The van der Waals surface area contributed by atoms with Crippen molar-refractivity contribution in [2.45, 2.75) is 19.6 Å². The Kier molecular flexibility index (Phi) is 5.55. The number of amides is 1. The Morgan fingerprint density at radius 2 is 1.96 bits per heavy atom. The Hall–Kier alpha value is -2.74. The minimum Gasteiger partial charge on any atom is -0.435 e. The molecule has 5 nitrogen and oxygen atoms in total. The molecule has 144 valence electrons. The van der Waals surface area contributed by atoms with E-state index in [1.807, 2.05) is 6.92 Å².